The number of nitrogens with two attached hydrogens (primary N) is 2. The molecule has 4 atom stereocenters. The molecule has 4 aromatic rings. The molecular formula is C46H56N10O8. The van der Waals surface area contributed by atoms with Crippen LogP contribution in [0.3, 0.4) is 0 Å². The van der Waals surface area contributed by atoms with Crippen LogP contribution < -0.4 is 37.5 Å². The fourth-order valence-electron chi connectivity index (χ4n) is 7.42. The summed E-state index contributed by atoms with van der Waals surface area (Å²) in [5.74, 6) is -4.17. The van der Waals surface area contributed by atoms with E-state index in [4.69, 9.17) is 21.5 Å². The number of aromatic nitrogens is 2. The Balaban J connectivity index is 1.56. The summed E-state index contributed by atoms with van der Waals surface area (Å²) in [5, 5.41) is 42.3. The molecule has 1 unspecified atom stereocenters. The lowest BCUT2D eigenvalue weighted by molar-refractivity contribution is -0.141. The van der Waals surface area contributed by atoms with Gasteiger partial charge in [0.05, 0.1) is 23.0 Å². The molecule has 18 nitrogen and oxygen atoms in total. The number of nitrogens with one attached hydrogen (secondary N) is 4. The van der Waals surface area contributed by atoms with E-state index in [2.05, 4.69) is 52.0 Å². The van der Waals surface area contributed by atoms with Crippen LogP contribution in [0.4, 0.5) is 0 Å². The minimum atomic E-state index is -1.57. The van der Waals surface area contributed by atoms with Gasteiger partial charge in [-0.1, -0.05) is 51.1 Å². The van der Waals surface area contributed by atoms with E-state index in [9.17, 15) is 34.2 Å². The number of aromatic hydroxyl groups is 2. The summed E-state index contributed by atoms with van der Waals surface area (Å²) < 4.78 is 5.82. The van der Waals surface area contributed by atoms with Crippen LogP contribution in [0.1, 0.15) is 78.6 Å². The molecule has 1 aromatic heterocycles. The Morgan fingerprint density at radius 3 is 2.25 bits per heavy atom. The molecule has 338 valence electrons. The summed E-state index contributed by atoms with van der Waals surface area (Å²) in [7, 11) is 1.33. The Hall–Kier alpha value is -7.10. The van der Waals surface area contributed by atoms with Crippen LogP contribution in [0.5, 0.6) is 17.2 Å². The van der Waals surface area contributed by atoms with Crippen molar-refractivity contribution in [3.63, 3.8) is 0 Å². The molecule has 4 bridgehead atoms. The number of carbonyl (C=O) groups excluding carboxylic acids is 5. The van der Waals surface area contributed by atoms with E-state index in [0.717, 1.165) is 16.0 Å². The van der Waals surface area contributed by atoms with Gasteiger partial charge in [-0.15, -0.1) is 0 Å². The third kappa shape index (κ3) is 10.9. The minimum absolute atomic E-state index is 0.00602. The van der Waals surface area contributed by atoms with Crippen LogP contribution in [-0.2, 0) is 31.0 Å². The van der Waals surface area contributed by atoms with Crippen molar-refractivity contribution in [2.75, 3.05) is 33.3 Å². The largest absolute Gasteiger partial charge is 0.507 e. The lowest BCUT2D eigenvalue weighted by Gasteiger charge is -2.33. The SMILES string of the molecule is Cc1nc(-c2ccc(C(C)(C)C)cc2)nc(C)c1C(=O)N[C@@H](CCN)C(=O)N(C)[C@@H]1C(=O)N[C@@H](C)C(=O)NC(C(=O)NCC#N)Cc2ccc(O)c(c2)-c2cc1cc(OCCN)c2O. The second kappa shape index (κ2) is 20.4. The summed E-state index contributed by atoms with van der Waals surface area (Å²) in [5.41, 5.74) is 15.0. The molecule has 2 heterocycles. The van der Waals surface area contributed by atoms with Crippen LogP contribution in [0.2, 0.25) is 0 Å². The maximum atomic E-state index is 14.7. The first kappa shape index (κ1) is 47.9. The summed E-state index contributed by atoms with van der Waals surface area (Å²) in [6.45, 7) is 10.6. The Bertz CT molecular complexity index is 2440. The van der Waals surface area contributed by atoms with Crippen molar-refractivity contribution in [1.82, 2.24) is 36.1 Å². The first-order valence-corrected chi connectivity index (χ1v) is 20.8. The fraction of sp³-hybridized carbons (Fsp3) is 0.391. The molecule has 3 aromatic carbocycles. The van der Waals surface area contributed by atoms with Gasteiger partial charge in [0.2, 0.25) is 23.6 Å². The summed E-state index contributed by atoms with van der Waals surface area (Å²) >= 11 is 0. The molecule has 0 spiro atoms. The van der Waals surface area contributed by atoms with Crippen LogP contribution >= 0.6 is 0 Å². The Morgan fingerprint density at radius 1 is 0.969 bits per heavy atom. The molecule has 0 radical (unpaired) electrons. The zero-order chi connectivity index (χ0) is 47.0. The normalized spacial score (nSPS) is 16.8. The van der Waals surface area contributed by atoms with Crippen LogP contribution in [0.25, 0.3) is 22.5 Å². The number of nitrogens with zero attached hydrogens (tertiary/aromatic N) is 4. The van der Waals surface area contributed by atoms with Gasteiger partial charge in [-0.05, 0) is 80.1 Å². The Labute approximate surface area is 371 Å². The highest BCUT2D eigenvalue weighted by atomic mass is 16.5. The quantitative estimate of drug-likeness (QED) is 0.0950. The van der Waals surface area contributed by atoms with Gasteiger partial charge in [-0.3, -0.25) is 24.0 Å². The number of rotatable bonds is 12. The van der Waals surface area contributed by atoms with Gasteiger partial charge in [-0.2, -0.15) is 5.26 Å². The van der Waals surface area contributed by atoms with E-state index in [1.54, 1.807) is 13.8 Å². The van der Waals surface area contributed by atoms with Crippen molar-refractivity contribution in [3.8, 4) is 45.8 Å². The highest BCUT2D eigenvalue weighted by molar-refractivity contribution is 6.00. The molecule has 5 amide bonds. The average Bonchev–Trinajstić information content (AvgIpc) is 3.24. The zero-order valence-corrected chi connectivity index (χ0v) is 37.0. The second-order valence-corrected chi connectivity index (χ2v) is 16.7. The maximum absolute atomic E-state index is 14.7. The van der Waals surface area contributed by atoms with Crippen molar-refractivity contribution in [1.29, 1.82) is 5.26 Å². The molecule has 64 heavy (non-hydrogen) atoms. The van der Waals surface area contributed by atoms with Crippen molar-refractivity contribution in [2.45, 2.75) is 84.0 Å². The van der Waals surface area contributed by atoms with E-state index < -0.39 is 59.5 Å². The van der Waals surface area contributed by atoms with Crippen molar-refractivity contribution >= 4 is 29.5 Å². The zero-order valence-electron chi connectivity index (χ0n) is 37.0. The predicted molar refractivity (Wildman–Crippen MR) is 238 cm³/mol. The summed E-state index contributed by atoms with van der Waals surface area (Å²) in [6, 6.07) is 11.4. The van der Waals surface area contributed by atoms with Crippen molar-refractivity contribution in [3.05, 3.63) is 88.2 Å². The Morgan fingerprint density at radius 2 is 1.64 bits per heavy atom. The number of benzene rings is 3. The van der Waals surface area contributed by atoms with Gasteiger partial charge in [0.25, 0.3) is 5.91 Å². The van der Waals surface area contributed by atoms with E-state index >= 15 is 0 Å². The Kier molecular flexibility index (Phi) is 15.3. The number of hydrogen-bond donors (Lipinski definition) is 8. The maximum Gasteiger partial charge on any atom is 0.255 e. The third-order valence-corrected chi connectivity index (χ3v) is 10.9. The number of phenols is 2. The minimum Gasteiger partial charge on any atom is -0.507 e. The van der Waals surface area contributed by atoms with Gasteiger partial charge >= 0.3 is 0 Å². The smallest absolute Gasteiger partial charge is 0.255 e. The number of amides is 5. The summed E-state index contributed by atoms with van der Waals surface area (Å²) in [6.07, 6.45) is -0.163. The monoisotopic (exact) mass is 876 g/mol. The highest BCUT2D eigenvalue weighted by Gasteiger charge is 2.37. The number of hydrogen-bond acceptors (Lipinski definition) is 13. The third-order valence-electron chi connectivity index (χ3n) is 10.9. The predicted octanol–water partition coefficient (Wildman–Crippen LogP) is 2.31. The van der Waals surface area contributed by atoms with Crippen molar-refractivity contribution < 1.29 is 38.9 Å². The molecule has 0 saturated carbocycles. The van der Waals surface area contributed by atoms with Crippen LogP contribution in [-0.4, -0.2) is 106 Å². The van der Waals surface area contributed by atoms with Gasteiger partial charge in [0, 0.05) is 36.7 Å². The lowest BCUT2D eigenvalue weighted by Crippen LogP contribution is -2.56. The number of fused-ring (bicyclic) bond motifs is 5. The average molecular weight is 877 g/mol. The fourth-order valence-corrected chi connectivity index (χ4v) is 7.42. The highest BCUT2D eigenvalue weighted by Crippen LogP contribution is 2.44. The first-order valence-electron chi connectivity index (χ1n) is 20.8. The van der Waals surface area contributed by atoms with Gasteiger partial charge in [0.1, 0.15) is 43.1 Å². The van der Waals surface area contributed by atoms with E-state index in [0.29, 0.717) is 22.8 Å². The van der Waals surface area contributed by atoms with Gasteiger partial charge < -0.3 is 52.6 Å². The standard InChI is InChI=1S/C46H56N10O8/c1-24-37(25(2)52-40(51-24)28-9-11-30(12-10-28)46(4,5)6)43(61)54-33(14-15-47)45(63)56(7)38-29-22-32(39(58)36(23-29)64-19-17-49)31-20-27(8-13-35(31)57)21-34(42(60)50-18-16-48)55-41(59)26(3)53-44(38)62/h8-13,20,22-23,26,33-34,38,57-58H,14-15,17-19,21,47,49H2,1-7H3,(H,50,60)(H,53,62)(H,54,61)(H,55,59)/t26-,33-,34?,38-/m0/s1. The first-order chi connectivity index (χ1) is 30.3. The number of phenolic OH excluding ortho intramolecular Hbond substituents is 2. The van der Waals surface area contributed by atoms with E-state index in [1.807, 2.05) is 30.3 Å². The lowest BCUT2D eigenvalue weighted by atomic mass is 9.86. The topological polar surface area (TPSA) is 288 Å². The molecule has 0 saturated heterocycles. The van der Waals surface area contributed by atoms with Crippen LogP contribution in [0.15, 0.2) is 54.6 Å². The van der Waals surface area contributed by atoms with Gasteiger partial charge in [0.15, 0.2) is 17.3 Å². The number of aryl methyl sites for hydroxylation is 2. The number of carbonyl (C=O) groups is 5. The summed E-state index contributed by atoms with van der Waals surface area (Å²) in [4.78, 5) is 80.4. The van der Waals surface area contributed by atoms with Crippen LogP contribution in [0, 0.1) is 25.2 Å². The molecular weight excluding hydrogens is 821 g/mol. The molecule has 0 fully saturated rings. The van der Waals surface area contributed by atoms with Gasteiger partial charge in [-0.25, -0.2) is 9.97 Å². The molecule has 1 aliphatic rings. The molecule has 0 aliphatic carbocycles. The number of nitriles is 1. The number of likely N-dealkylation sites (N-methyl/N-ethyl adjacent to an activating group) is 1. The molecule has 10 N–H and O–H groups in total. The second-order valence-electron chi connectivity index (χ2n) is 16.7. The number of ether oxygens (including phenoxy) is 1. The molecule has 18 heteroatoms. The molecule has 1 aliphatic heterocycles. The van der Waals surface area contributed by atoms with E-state index in [-0.39, 0.29) is 78.3 Å². The van der Waals surface area contributed by atoms with Crippen molar-refractivity contribution in [2.24, 2.45) is 11.5 Å². The molecule has 5 rings (SSSR count). The van der Waals surface area contributed by atoms with E-state index in [1.165, 1.54) is 44.3 Å².